The summed E-state index contributed by atoms with van der Waals surface area (Å²) in [7, 11) is 0. The molecule has 3 heterocycles. The molecule has 0 saturated heterocycles. The maximum absolute atomic E-state index is 12.3. The number of amides is 1. The highest BCUT2D eigenvalue weighted by atomic mass is 16.1. The Morgan fingerprint density at radius 2 is 1.96 bits per heavy atom. The molecule has 3 aromatic rings. The molecule has 1 aromatic carbocycles. The second kappa shape index (κ2) is 5.96. The topological polar surface area (TPSA) is 46.9 Å². The summed E-state index contributed by atoms with van der Waals surface area (Å²) in [4.78, 5) is 16.4. The Bertz CT molecular complexity index is 897. The highest BCUT2D eigenvalue weighted by Crippen LogP contribution is 2.29. The van der Waals surface area contributed by atoms with Gasteiger partial charge < -0.3 is 9.88 Å². The zero-order valence-electron chi connectivity index (χ0n) is 13.6. The molecule has 4 rings (SSSR count). The van der Waals surface area contributed by atoms with Crippen LogP contribution in [0.4, 0.5) is 0 Å². The van der Waals surface area contributed by atoms with Gasteiger partial charge in [0.15, 0.2) is 0 Å². The lowest BCUT2D eigenvalue weighted by Crippen LogP contribution is -2.32. The molecular weight excluding hydrogens is 298 g/mol. The minimum absolute atomic E-state index is 0.0232. The van der Waals surface area contributed by atoms with Gasteiger partial charge in [0.25, 0.3) is 5.91 Å². The molecule has 4 nitrogen and oxygen atoms in total. The first-order valence-electron chi connectivity index (χ1n) is 8.19. The number of aryl methyl sites for hydroxylation is 1. The number of benzene rings is 1. The lowest BCUT2D eigenvalue weighted by molar-refractivity contribution is 0.0945. The largest absolute Gasteiger partial charge is 0.352 e. The van der Waals surface area contributed by atoms with Crippen LogP contribution in [-0.2, 0) is 13.0 Å². The van der Waals surface area contributed by atoms with E-state index in [1.165, 1.54) is 11.1 Å². The van der Waals surface area contributed by atoms with Crippen LogP contribution >= 0.6 is 0 Å². The van der Waals surface area contributed by atoms with E-state index in [1.807, 2.05) is 18.2 Å². The summed E-state index contributed by atoms with van der Waals surface area (Å²) >= 11 is 0. The van der Waals surface area contributed by atoms with Crippen molar-refractivity contribution in [2.45, 2.75) is 19.9 Å². The van der Waals surface area contributed by atoms with Gasteiger partial charge in [0, 0.05) is 48.9 Å². The molecule has 0 radical (unpaired) electrons. The summed E-state index contributed by atoms with van der Waals surface area (Å²) in [5.41, 5.74) is 6.61. The Hall–Kier alpha value is -2.88. The number of fused-ring (bicyclic) bond motifs is 1. The van der Waals surface area contributed by atoms with E-state index in [9.17, 15) is 4.79 Å². The van der Waals surface area contributed by atoms with Gasteiger partial charge in [0.2, 0.25) is 0 Å². The zero-order chi connectivity index (χ0) is 16.5. The summed E-state index contributed by atoms with van der Waals surface area (Å²) in [6, 6.07) is 14.4. The maximum Gasteiger partial charge on any atom is 0.253 e. The predicted octanol–water partition coefficient (Wildman–Crippen LogP) is 3.19. The average molecular weight is 317 g/mol. The van der Waals surface area contributed by atoms with Crippen LogP contribution in [-0.4, -0.2) is 22.0 Å². The van der Waals surface area contributed by atoms with Crippen LogP contribution in [0.25, 0.3) is 11.3 Å². The SMILES string of the molecule is Cc1ccccc1Cn1c(-c2ccncc2)cc2c1CCNC2=O. The number of hydrogen-bond acceptors (Lipinski definition) is 2. The molecule has 1 N–H and O–H groups in total. The molecule has 4 heteroatoms. The molecule has 1 aliphatic heterocycles. The Morgan fingerprint density at radius 3 is 2.75 bits per heavy atom. The number of nitrogens with one attached hydrogen (secondary N) is 1. The Balaban J connectivity index is 1.87. The lowest BCUT2D eigenvalue weighted by Gasteiger charge is -2.18. The molecule has 2 aromatic heterocycles. The molecule has 1 amide bonds. The van der Waals surface area contributed by atoms with Crippen molar-refractivity contribution in [1.82, 2.24) is 14.9 Å². The lowest BCUT2D eigenvalue weighted by atomic mass is 10.1. The minimum Gasteiger partial charge on any atom is -0.352 e. The highest BCUT2D eigenvalue weighted by Gasteiger charge is 2.24. The molecule has 0 atom stereocenters. The monoisotopic (exact) mass is 317 g/mol. The van der Waals surface area contributed by atoms with Crippen molar-refractivity contribution >= 4 is 5.91 Å². The molecule has 0 bridgehead atoms. The second-order valence-corrected chi connectivity index (χ2v) is 6.14. The summed E-state index contributed by atoms with van der Waals surface area (Å²) in [6.07, 6.45) is 4.44. The average Bonchev–Trinajstić information content (AvgIpc) is 2.98. The van der Waals surface area contributed by atoms with E-state index in [0.29, 0.717) is 6.54 Å². The van der Waals surface area contributed by atoms with Gasteiger partial charge in [-0.05, 0) is 36.2 Å². The van der Waals surface area contributed by atoms with E-state index in [-0.39, 0.29) is 5.91 Å². The normalized spacial score (nSPS) is 13.5. The van der Waals surface area contributed by atoms with E-state index in [0.717, 1.165) is 35.5 Å². The van der Waals surface area contributed by atoms with E-state index in [2.05, 4.69) is 46.1 Å². The van der Waals surface area contributed by atoms with Crippen LogP contribution in [0.3, 0.4) is 0 Å². The summed E-state index contributed by atoms with van der Waals surface area (Å²) in [5.74, 6) is 0.0232. The number of rotatable bonds is 3. The van der Waals surface area contributed by atoms with Gasteiger partial charge in [-0.1, -0.05) is 24.3 Å². The van der Waals surface area contributed by atoms with Crippen molar-refractivity contribution in [3.05, 3.63) is 77.2 Å². The molecule has 0 saturated carbocycles. The molecule has 0 aliphatic carbocycles. The Morgan fingerprint density at radius 1 is 1.17 bits per heavy atom. The Kier molecular flexibility index (Phi) is 3.65. The summed E-state index contributed by atoms with van der Waals surface area (Å²) in [5, 5.41) is 2.94. The van der Waals surface area contributed by atoms with Crippen molar-refractivity contribution in [3.63, 3.8) is 0 Å². The van der Waals surface area contributed by atoms with E-state index in [4.69, 9.17) is 0 Å². The number of nitrogens with zero attached hydrogens (tertiary/aromatic N) is 2. The van der Waals surface area contributed by atoms with Crippen molar-refractivity contribution in [1.29, 1.82) is 0 Å². The van der Waals surface area contributed by atoms with Gasteiger partial charge in [0.1, 0.15) is 0 Å². The number of carbonyl (C=O) groups excluding carboxylic acids is 1. The Labute approximate surface area is 141 Å². The molecule has 24 heavy (non-hydrogen) atoms. The van der Waals surface area contributed by atoms with Gasteiger partial charge in [0.05, 0.1) is 5.56 Å². The van der Waals surface area contributed by atoms with Gasteiger partial charge in [-0.25, -0.2) is 0 Å². The minimum atomic E-state index is 0.0232. The van der Waals surface area contributed by atoms with Crippen LogP contribution in [0.2, 0.25) is 0 Å². The van der Waals surface area contributed by atoms with Crippen molar-refractivity contribution < 1.29 is 4.79 Å². The first kappa shape index (κ1) is 14.7. The van der Waals surface area contributed by atoms with E-state index < -0.39 is 0 Å². The van der Waals surface area contributed by atoms with Crippen molar-refractivity contribution in [2.24, 2.45) is 0 Å². The van der Waals surface area contributed by atoms with E-state index in [1.54, 1.807) is 12.4 Å². The fourth-order valence-electron chi connectivity index (χ4n) is 3.34. The standard InChI is InChI=1S/C20H19N3O/c1-14-4-2-3-5-16(14)13-23-18-8-11-22-20(24)17(18)12-19(23)15-6-9-21-10-7-15/h2-7,9-10,12H,8,11,13H2,1H3,(H,22,24). The summed E-state index contributed by atoms with van der Waals surface area (Å²) < 4.78 is 2.28. The third-order valence-corrected chi connectivity index (χ3v) is 4.67. The maximum atomic E-state index is 12.3. The van der Waals surface area contributed by atoms with Crippen molar-refractivity contribution in [2.75, 3.05) is 6.54 Å². The van der Waals surface area contributed by atoms with Gasteiger partial charge in [-0.2, -0.15) is 0 Å². The van der Waals surface area contributed by atoms with E-state index >= 15 is 0 Å². The molecule has 0 spiro atoms. The molecule has 120 valence electrons. The number of aromatic nitrogens is 2. The fraction of sp³-hybridized carbons (Fsp3) is 0.200. The predicted molar refractivity (Wildman–Crippen MR) is 94.0 cm³/mol. The number of hydrogen-bond donors (Lipinski definition) is 1. The smallest absolute Gasteiger partial charge is 0.253 e. The fourth-order valence-corrected chi connectivity index (χ4v) is 3.34. The molecule has 1 aliphatic rings. The molecule has 0 fully saturated rings. The first-order chi connectivity index (χ1) is 11.7. The summed E-state index contributed by atoms with van der Waals surface area (Å²) in [6.45, 7) is 3.59. The van der Waals surface area contributed by atoms with Crippen LogP contribution in [0, 0.1) is 6.92 Å². The van der Waals surface area contributed by atoms with Crippen LogP contribution in [0.15, 0.2) is 54.9 Å². The second-order valence-electron chi connectivity index (χ2n) is 6.14. The van der Waals surface area contributed by atoms with Crippen LogP contribution in [0.5, 0.6) is 0 Å². The third-order valence-electron chi connectivity index (χ3n) is 4.67. The zero-order valence-corrected chi connectivity index (χ0v) is 13.6. The van der Waals surface area contributed by atoms with Crippen molar-refractivity contribution in [3.8, 4) is 11.3 Å². The van der Waals surface area contributed by atoms with Crippen LogP contribution in [0.1, 0.15) is 27.2 Å². The first-order valence-corrected chi connectivity index (χ1v) is 8.19. The number of pyridine rings is 1. The van der Waals surface area contributed by atoms with Crippen LogP contribution < -0.4 is 5.32 Å². The van der Waals surface area contributed by atoms with Gasteiger partial charge in [-0.15, -0.1) is 0 Å². The third kappa shape index (κ3) is 2.50. The highest BCUT2D eigenvalue weighted by molar-refractivity contribution is 5.98. The quantitative estimate of drug-likeness (QED) is 0.806. The number of carbonyl (C=O) groups is 1. The molecular formula is C20H19N3O. The molecule has 0 unspecified atom stereocenters. The van der Waals surface area contributed by atoms with Gasteiger partial charge >= 0.3 is 0 Å². The van der Waals surface area contributed by atoms with Gasteiger partial charge in [-0.3, -0.25) is 9.78 Å².